The molecule has 0 saturated carbocycles. The monoisotopic (exact) mass is 317 g/mol. The SMILES string of the molecule is N=c1cnn(-c2ccc(Cl)c(Cl)c2)c(Br)c1. The lowest BCUT2D eigenvalue weighted by Crippen LogP contribution is -2.09. The van der Waals surface area contributed by atoms with E-state index >= 15 is 0 Å². The Hall–Kier alpha value is -0.840. The zero-order valence-corrected chi connectivity index (χ0v) is 11.0. The van der Waals surface area contributed by atoms with Crippen molar-refractivity contribution in [3.8, 4) is 5.69 Å². The summed E-state index contributed by atoms with van der Waals surface area (Å²) in [5, 5.41) is 12.8. The maximum atomic E-state index is 7.42. The van der Waals surface area contributed by atoms with Gasteiger partial charge in [-0.25, -0.2) is 4.68 Å². The third-order valence-electron chi connectivity index (χ3n) is 1.94. The topological polar surface area (TPSA) is 41.7 Å². The fraction of sp³-hybridized carbons (Fsp3) is 0. The molecule has 0 radical (unpaired) electrons. The third kappa shape index (κ3) is 2.29. The summed E-state index contributed by atoms with van der Waals surface area (Å²) < 4.78 is 2.30. The molecule has 0 fully saturated rings. The van der Waals surface area contributed by atoms with E-state index in [-0.39, 0.29) is 0 Å². The lowest BCUT2D eigenvalue weighted by atomic mass is 10.3. The van der Waals surface area contributed by atoms with E-state index < -0.39 is 0 Å². The Bertz CT molecular complexity index is 595. The second-order valence-corrected chi connectivity index (χ2v) is 4.70. The van der Waals surface area contributed by atoms with E-state index in [4.69, 9.17) is 28.6 Å². The zero-order chi connectivity index (χ0) is 11.7. The van der Waals surface area contributed by atoms with Crippen LogP contribution < -0.4 is 5.36 Å². The number of hydrogen-bond acceptors (Lipinski definition) is 2. The predicted octanol–water partition coefficient (Wildman–Crippen LogP) is 3.42. The van der Waals surface area contributed by atoms with E-state index in [1.54, 1.807) is 28.9 Å². The van der Waals surface area contributed by atoms with Crippen LogP contribution in [-0.4, -0.2) is 9.78 Å². The standard InChI is InChI=1S/C10H6BrCl2N3/c11-10-3-6(14)5-15-16(10)7-1-2-8(12)9(13)4-7/h1-5,14H. The summed E-state index contributed by atoms with van der Waals surface area (Å²) in [5.41, 5.74) is 0.779. The van der Waals surface area contributed by atoms with Crippen LogP contribution in [0.4, 0.5) is 0 Å². The first-order valence-corrected chi connectivity index (χ1v) is 5.88. The number of rotatable bonds is 1. The Labute approximate surface area is 110 Å². The summed E-state index contributed by atoms with van der Waals surface area (Å²) in [6, 6.07) is 6.87. The van der Waals surface area contributed by atoms with Crippen LogP contribution in [0.15, 0.2) is 35.1 Å². The normalized spacial score (nSPS) is 10.4. The van der Waals surface area contributed by atoms with Gasteiger partial charge in [0.1, 0.15) is 4.60 Å². The molecule has 3 nitrogen and oxygen atoms in total. The van der Waals surface area contributed by atoms with Gasteiger partial charge in [0.15, 0.2) is 0 Å². The first kappa shape index (κ1) is 11.6. The highest BCUT2D eigenvalue weighted by molar-refractivity contribution is 9.10. The van der Waals surface area contributed by atoms with Gasteiger partial charge in [0.2, 0.25) is 0 Å². The van der Waals surface area contributed by atoms with Gasteiger partial charge in [-0.15, -0.1) is 0 Å². The molecule has 1 aromatic heterocycles. The Balaban J connectivity index is 2.59. The molecule has 16 heavy (non-hydrogen) atoms. The van der Waals surface area contributed by atoms with E-state index in [0.29, 0.717) is 20.0 Å². The van der Waals surface area contributed by atoms with Crippen LogP contribution >= 0.6 is 39.1 Å². The molecule has 0 aliphatic rings. The molecule has 0 saturated heterocycles. The first-order valence-electron chi connectivity index (χ1n) is 4.33. The molecule has 2 aromatic rings. The van der Waals surface area contributed by atoms with Crippen molar-refractivity contribution in [1.82, 2.24) is 9.78 Å². The van der Waals surface area contributed by atoms with E-state index in [9.17, 15) is 0 Å². The van der Waals surface area contributed by atoms with E-state index in [2.05, 4.69) is 21.0 Å². The Morgan fingerprint density at radius 3 is 2.56 bits per heavy atom. The van der Waals surface area contributed by atoms with Gasteiger partial charge in [-0.2, -0.15) is 5.10 Å². The number of benzene rings is 1. The van der Waals surface area contributed by atoms with Crippen molar-refractivity contribution < 1.29 is 0 Å². The van der Waals surface area contributed by atoms with Gasteiger partial charge < -0.3 is 0 Å². The highest BCUT2D eigenvalue weighted by Crippen LogP contribution is 2.25. The van der Waals surface area contributed by atoms with Crippen LogP contribution in [0.2, 0.25) is 10.0 Å². The number of nitrogens with zero attached hydrogens (tertiary/aromatic N) is 2. The molecule has 1 heterocycles. The third-order valence-corrected chi connectivity index (χ3v) is 3.24. The van der Waals surface area contributed by atoms with Crippen molar-refractivity contribution >= 4 is 39.1 Å². The molecule has 1 aromatic carbocycles. The summed E-state index contributed by atoms with van der Waals surface area (Å²) in [6.45, 7) is 0. The van der Waals surface area contributed by atoms with Crippen molar-refractivity contribution in [2.45, 2.75) is 0 Å². The van der Waals surface area contributed by atoms with Crippen molar-refractivity contribution in [2.24, 2.45) is 0 Å². The van der Waals surface area contributed by atoms with Crippen LogP contribution in [0.25, 0.3) is 5.69 Å². The molecule has 0 amide bonds. The fourth-order valence-corrected chi connectivity index (χ4v) is 2.04. The van der Waals surface area contributed by atoms with Crippen LogP contribution in [0.1, 0.15) is 0 Å². The maximum Gasteiger partial charge on any atom is 0.110 e. The highest BCUT2D eigenvalue weighted by atomic mass is 79.9. The fourth-order valence-electron chi connectivity index (χ4n) is 1.21. The summed E-state index contributed by atoms with van der Waals surface area (Å²) in [7, 11) is 0. The van der Waals surface area contributed by atoms with Gasteiger partial charge in [0.05, 0.1) is 27.3 Å². The van der Waals surface area contributed by atoms with Gasteiger partial charge in [-0.05, 0) is 40.2 Å². The molecule has 0 bridgehead atoms. The lowest BCUT2D eigenvalue weighted by molar-refractivity contribution is 0.806. The second kappa shape index (κ2) is 4.57. The van der Waals surface area contributed by atoms with Crippen LogP contribution in [0, 0.1) is 5.41 Å². The Morgan fingerprint density at radius 1 is 1.19 bits per heavy atom. The number of hydrogen-bond donors (Lipinski definition) is 1. The van der Waals surface area contributed by atoms with Gasteiger partial charge in [-0.3, -0.25) is 5.41 Å². The Kier molecular flexibility index (Phi) is 3.33. The van der Waals surface area contributed by atoms with E-state index in [0.717, 1.165) is 5.69 Å². The van der Waals surface area contributed by atoms with E-state index in [1.165, 1.54) is 6.20 Å². The van der Waals surface area contributed by atoms with Crippen LogP contribution in [-0.2, 0) is 0 Å². The number of halogens is 3. The molecule has 2 rings (SSSR count). The predicted molar refractivity (Wildman–Crippen MR) is 67.1 cm³/mol. The van der Waals surface area contributed by atoms with Crippen molar-refractivity contribution in [2.75, 3.05) is 0 Å². The summed E-state index contributed by atoms with van der Waals surface area (Å²) in [4.78, 5) is 0. The zero-order valence-electron chi connectivity index (χ0n) is 7.92. The molecule has 6 heteroatoms. The molecule has 0 aliphatic heterocycles. The molecular weight excluding hydrogens is 313 g/mol. The Morgan fingerprint density at radius 2 is 1.94 bits per heavy atom. The molecule has 0 aliphatic carbocycles. The second-order valence-electron chi connectivity index (χ2n) is 3.08. The van der Waals surface area contributed by atoms with Gasteiger partial charge >= 0.3 is 0 Å². The minimum atomic E-state index is 0.336. The van der Waals surface area contributed by atoms with Crippen LogP contribution in [0.3, 0.4) is 0 Å². The molecule has 1 N–H and O–H groups in total. The van der Waals surface area contributed by atoms with Gasteiger partial charge in [0.25, 0.3) is 0 Å². The minimum absolute atomic E-state index is 0.336. The lowest BCUT2D eigenvalue weighted by Gasteiger charge is -2.08. The van der Waals surface area contributed by atoms with Crippen molar-refractivity contribution in [3.63, 3.8) is 0 Å². The molecule has 0 unspecified atom stereocenters. The van der Waals surface area contributed by atoms with Crippen LogP contribution in [0.5, 0.6) is 0 Å². The van der Waals surface area contributed by atoms with Crippen molar-refractivity contribution in [3.05, 3.63) is 50.5 Å². The highest BCUT2D eigenvalue weighted by Gasteiger charge is 2.04. The first-order chi connectivity index (χ1) is 7.58. The molecule has 0 spiro atoms. The number of nitrogens with one attached hydrogen (secondary N) is 1. The maximum absolute atomic E-state index is 7.42. The number of aromatic nitrogens is 2. The average Bonchev–Trinajstić information content (AvgIpc) is 2.22. The summed E-state index contributed by atoms with van der Waals surface area (Å²) >= 11 is 15.1. The largest absolute Gasteiger partial charge is 0.299 e. The van der Waals surface area contributed by atoms with E-state index in [1.807, 2.05) is 0 Å². The molecule has 82 valence electrons. The summed E-state index contributed by atoms with van der Waals surface area (Å²) in [6.07, 6.45) is 1.45. The minimum Gasteiger partial charge on any atom is -0.299 e. The molecular formula is C10H6BrCl2N3. The van der Waals surface area contributed by atoms with Crippen molar-refractivity contribution in [1.29, 1.82) is 5.41 Å². The molecule has 0 atom stereocenters. The quantitative estimate of drug-likeness (QED) is 0.860. The smallest absolute Gasteiger partial charge is 0.110 e. The summed E-state index contributed by atoms with van der Waals surface area (Å²) in [5.74, 6) is 0. The van der Waals surface area contributed by atoms with Gasteiger partial charge in [0, 0.05) is 0 Å². The van der Waals surface area contributed by atoms with Gasteiger partial charge in [-0.1, -0.05) is 23.2 Å². The average molecular weight is 319 g/mol.